The maximum atomic E-state index is 12.1. The number of benzene rings is 2. The van der Waals surface area contributed by atoms with Gasteiger partial charge in [-0.2, -0.15) is 5.10 Å². The quantitative estimate of drug-likeness (QED) is 0.530. The first kappa shape index (κ1) is 18.5. The summed E-state index contributed by atoms with van der Waals surface area (Å²) in [7, 11) is 0. The Morgan fingerprint density at radius 2 is 1.85 bits per heavy atom. The van der Waals surface area contributed by atoms with Crippen molar-refractivity contribution < 1.29 is 9.90 Å². The Balaban J connectivity index is 1.81. The molecule has 27 heavy (non-hydrogen) atoms. The molecule has 0 saturated heterocycles. The third-order valence-electron chi connectivity index (χ3n) is 4.58. The smallest absolute Gasteiger partial charge is 0.271 e. The van der Waals surface area contributed by atoms with Crippen molar-refractivity contribution in [3.63, 3.8) is 0 Å². The van der Waals surface area contributed by atoms with E-state index in [0.717, 1.165) is 23.4 Å². The van der Waals surface area contributed by atoms with Gasteiger partial charge in [-0.25, -0.2) is 5.43 Å². The number of carbonyl (C=O) groups is 1. The molecule has 0 saturated carbocycles. The number of hydrogen-bond donors (Lipinski definition) is 2. The maximum absolute atomic E-state index is 12.1. The summed E-state index contributed by atoms with van der Waals surface area (Å²) in [5.74, 6) is -0.203. The minimum absolute atomic E-state index is 0.120. The zero-order valence-corrected chi connectivity index (χ0v) is 15.7. The number of carbonyl (C=O) groups excluding carboxylic acids is 1. The number of hydrazone groups is 1. The Bertz CT molecular complexity index is 985. The average Bonchev–Trinajstić information content (AvgIpc) is 2.95. The molecule has 0 atom stereocenters. The Hall–Kier alpha value is -3.34. The lowest BCUT2D eigenvalue weighted by atomic mass is 10.1. The number of phenolic OH excluding ortho intramolecular Hbond substituents is 1. The first-order valence-corrected chi connectivity index (χ1v) is 8.91. The van der Waals surface area contributed by atoms with Gasteiger partial charge in [-0.1, -0.05) is 25.1 Å². The van der Waals surface area contributed by atoms with Crippen LogP contribution < -0.4 is 5.43 Å². The zero-order chi connectivity index (χ0) is 19.4. The molecule has 2 N–H and O–H groups in total. The molecule has 0 aliphatic carbocycles. The number of aromatic hydroxyl groups is 1. The number of nitrogens with one attached hydrogen (secondary N) is 1. The topological polar surface area (TPSA) is 66.6 Å². The van der Waals surface area contributed by atoms with E-state index in [2.05, 4.69) is 53.2 Å². The van der Waals surface area contributed by atoms with Gasteiger partial charge in [0.05, 0.1) is 6.21 Å². The summed E-state index contributed by atoms with van der Waals surface area (Å²) in [6.07, 6.45) is 2.62. The molecule has 3 aromatic rings. The number of aryl methyl sites for hydroxylation is 2. The van der Waals surface area contributed by atoms with Gasteiger partial charge in [0.15, 0.2) is 0 Å². The minimum Gasteiger partial charge on any atom is -0.508 e. The van der Waals surface area contributed by atoms with Crippen molar-refractivity contribution in [3.05, 3.63) is 82.7 Å². The summed E-state index contributed by atoms with van der Waals surface area (Å²) < 4.78 is 2.21. The predicted molar refractivity (Wildman–Crippen MR) is 108 cm³/mol. The monoisotopic (exact) mass is 361 g/mol. The van der Waals surface area contributed by atoms with Crippen molar-refractivity contribution >= 4 is 12.1 Å². The Morgan fingerprint density at radius 3 is 2.56 bits per heavy atom. The molecule has 0 aliphatic heterocycles. The zero-order valence-electron chi connectivity index (χ0n) is 15.7. The van der Waals surface area contributed by atoms with E-state index < -0.39 is 0 Å². The van der Waals surface area contributed by atoms with E-state index in [0.29, 0.717) is 5.56 Å². The molecular weight excluding hydrogens is 338 g/mol. The fraction of sp³-hybridized carbons (Fsp3) is 0.182. The van der Waals surface area contributed by atoms with Crippen molar-refractivity contribution in [2.24, 2.45) is 5.10 Å². The van der Waals surface area contributed by atoms with Gasteiger partial charge in [0.1, 0.15) is 5.75 Å². The first-order chi connectivity index (χ1) is 13.0. The summed E-state index contributed by atoms with van der Waals surface area (Å²) in [6, 6.07) is 16.4. The van der Waals surface area contributed by atoms with Gasteiger partial charge in [0.25, 0.3) is 5.91 Å². The van der Waals surface area contributed by atoms with E-state index in [1.807, 2.05) is 13.0 Å². The molecule has 1 amide bonds. The summed E-state index contributed by atoms with van der Waals surface area (Å²) in [6.45, 7) is 6.25. The second-order valence-electron chi connectivity index (χ2n) is 6.39. The summed E-state index contributed by atoms with van der Waals surface area (Å²) in [5.41, 5.74) is 8.54. The maximum Gasteiger partial charge on any atom is 0.271 e. The van der Waals surface area contributed by atoms with Gasteiger partial charge in [0.2, 0.25) is 0 Å². The van der Waals surface area contributed by atoms with Crippen molar-refractivity contribution in [1.29, 1.82) is 0 Å². The second-order valence-corrected chi connectivity index (χ2v) is 6.39. The lowest BCUT2D eigenvalue weighted by Gasteiger charge is -2.13. The van der Waals surface area contributed by atoms with Crippen LogP contribution in [-0.2, 0) is 6.42 Å². The molecule has 0 radical (unpaired) electrons. The second kappa shape index (κ2) is 7.91. The van der Waals surface area contributed by atoms with Crippen LogP contribution in [0.4, 0.5) is 0 Å². The van der Waals surface area contributed by atoms with E-state index >= 15 is 0 Å². The van der Waals surface area contributed by atoms with E-state index in [1.54, 1.807) is 18.3 Å². The van der Waals surface area contributed by atoms with Crippen molar-refractivity contribution in [2.45, 2.75) is 27.2 Å². The third kappa shape index (κ3) is 3.92. The van der Waals surface area contributed by atoms with Crippen molar-refractivity contribution in [3.8, 4) is 11.4 Å². The number of phenols is 1. The number of amides is 1. The molecule has 0 unspecified atom stereocenters. The van der Waals surface area contributed by atoms with Gasteiger partial charge >= 0.3 is 0 Å². The highest BCUT2D eigenvalue weighted by Crippen LogP contribution is 2.23. The standard InChI is InChI=1S/C22H23N3O2/c1-4-17-7-5-6-8-21(17)25-15(2)13-19(16(25)3)14-23-24-22(27)18-9-11-20(26)12-10-18/h5-14,26H,4H2,1-3H3,(H,24,27)/b23-14-. The van der Waals surface area contributed by atoms with Gasteiger partial charge in [-0.3, -0.25) is 4.79 Å². The molecule has 0 fully saturated rings. The SMILES string of the molecule is CCc1ccccc1-n1c(C)cc(/C=N\NC(=O)c2ccc(O)cc2)c1C. The van der Waals surface area contributed by atoms with E-state index in [4.69, 9.17) is 0 Å². The van der Waals surface area contributed by atoms with Gasteiger partial charge in [-0.05, 0) is 62.2 Å². The number of aromatic nitrogens is 1. The lowest BCUT2D eigenvalue weighted by molar-refractivity contribution is 0.0955. The van der Waals surface area contributed by atoms with Crippen LogP contribution in [0.2, 0.25) is 0 Å². The summed E-state index contributed by atoms with van der Waals surface area (Å²) in [5, 5.41) is 13.4. The fourth-order valence-corrected chi connectivity index (χ4v) is 3.15. The average molecular weight is 361 g/mol. The van der Waals surface area contributed by atoms with Gasteiger partial charge < -0.3 is 9.67 Å². The molecule has 2 aromatic carbocycles. The highest BCUT2D eigenvalue weighted by molar-refractivity contribution is 5.95. The number of nitrogens with zero attached hydrogens (tertiary/aromatic N) is 2. The predicted octanol–water partition coefficient (Wildman–Crippen LogP) is 4.13. The molecule has 138 valence electrons. The molecule has 0 aliphatic rings. The molecule has 3 rings (SSSR count). The highest BCUT2D eigenvalue weighted by Gasteiger charge is 2.12. The lowest BCUT2D eigenvalue weighted by Crippen LogP contribution is -2.17. The third-order valence-corrected chi connectivity index (χ3v) is 4.58. The van der Waals surface area contributed by atoms with Gasteiger partial charge in [0, 0.05) is 28.2 Å². The first-order valence-electron chi connectivity index (χ1n) is 8.91. The van der Waals surface area contributed by atoms with Crippen LogP contribution in [-0.4, -0.2) is 21.8 Å². The highest BCUT2D eigenvalue weighted by atomic mass is 16.3. The van der Waals surface area contributed by atoms with E-state index in [9.17, 15) is 9.90 Å². The van der Waals surface area contributed by atoms with Crippen LogP contribution in [0.5, 0.6) is 5.75 Å². The fourth-order valence-electron chi connectivity index (χ4n) is 3.15. The van der Waals surface area contributed by atoms with Crippen LogP contribution in [0.25, 0.3) is 5.69 Å². The largest absolute Gasteiger partial charge is 0.508 e. The number of rotatable bonds is 5. The molecule has 0 spiro atoms. The van der Waals surface area contributed by atoms with E-state index in [-0.39, 0.29) is 11.7 Å². The molecule has 1 aromatic heterocycles. The number of hydrogen-bond acceptors (Lipinski definition) is 3. The molecule has 5 heteroatoms. The normalized spacial score (nSPS) is 11.1. The molecule has 5 nitrogen and oxygen atoms in total. The van der Waals surface area contributed by atoms with Crippen molar-refractivity contribution in [1.82, 2.24) is 9.99 Å². The van der Waals surface area contributed by atoms with Crippen LogP contribution in [0.1, 0.15) is 39.8 Å². The molecule has 0 bridgehead atoms. The van der Waals surface area contributed by atoms with Crippen LogP contribution in [0.3, 0.4) is 0 Å². The van der Waals surface area contributed by atoms with E-state index in [1.165, 1.54) is 23.4 Å². The number of para-hydroxylation sites is 1. The molecular formula is C22H23N3O2. The Kier molecular flexibility index (Phi) is 5.41. The Morgan fingerprint density at radius 1 is 1.15 bits per heavy atom. The summed E-state index contributed by atoms with van der Waals surface area (Å²) in [4.78, 5) is 12.1. The van der Waals surface area contributed by atoms with Crippen LogP contribution >= 0.6 is 0 Å². The summed E-state index contributed by atoms with van der Waals surface area (Å²) >= 11 is 0. The van der Waals surface area contributed by atoms with Crippen molar-refractivity contribution in [2.75, 3.05) is 0 Å². The van der Waals surface area contributed by atoms with Gasteiger partial charge in [-0.15, -0.1) is 0 Å². The van der Waals surface area contributed by atoms with Crippen LogP contribution in [0, 0.1) is 13.8 Å². The minimum atomic E-state index is -0.323. The molecule has 1 heterocycles. The Labute approximate surface area is 159 Å². The van der Waals surface area contributed by atoms with Crippen LogP contribution in [0.15, 0.2) is 59.7 Å².